The SMILES string of the molecule is O=C(N[C@@H]1CCC[C@H]1Nc1nc2ccc(F)cc2s1)c1ccccc1OC(F)F. The summed E-state index contributed by atoms with van der Waals surface area (Å²) in [5.41, 5.74) is 0.768. The number of carbonyl (C=O) groups is 1. The number of thiazole rings is 1. The summed E-state index contributed by atoms with van der Waals surface area (Å²) < 4.78 is 43.8. The number of hydrogen-bond donors (Lipinski definition) is 2. The molecule has 1 amide bonds. The summed E-state index contributed by atoms with van der Waals surface area (Å²) in [6, 6.07) is 10.1. The molecule has 2 N–H and O–H groups in total. The van der Waals surface area contributed by atoms with Crippen LogP contribution in [-0.4, -0.2) is 29.6 Å². The average molecular weight is 421 g/mol. The summed E-state index contributed by atoms with van der Waals surface area (Å²) in [5.74, 6) is -0.939. The van der Waals surface area contributed by atoms with Gasteiger partial charge >= 0.3 is 6.61 Å². The monoisotopic (exact) mass is 421 g/mol. The number of nitrogens with zero attached hydrogens (tertiary/aromatic N) is 1. The fourth-order valence-electron chi connectivity index (χ4n) is 3.52. The molecule has 29 heavy (non-hydrogen) atoms. The zero-order chi connectivity index (χ0) is 20.4. The number of halogens is 3. The molecule has 3 aromatic rings. The Labute approximate surface area is 168 Å². The van der Waals surface area contributed by atoms with E-state index < -0.39 is 12.5 Å². The van der Waals surface area contributed by atoms with Gasteiger partial charge in [0.05, 0.1) is 15.8 Å². The molecule has 1 aliphatic rings. The van der Waals surface area contributed by atoms with Crippen LogP contribution in [0.25, 0.3) is 10.2 Å². The van der Waals surface area contributed by atoms with Crippen molar-refractivity contribution in [1.82, 2.24) is 10.3 Å². The third kappa shape index (κ3) is 4.45. The van der Waals surface area contributed by atoms with Gasteiger partial charge in [-0.3, -0.25) is 4.79 Å². The van der Waals surface area contributed by atoms with E-state index in [-0.39, 0.29) is 29.2 Å². The molecular formula is C20H18F3N3O2S. The Morgan fingerprint density at radius 1 is 1.17 bits per heavy atom. The Bertz CT molecular complexity index is 1030. The fraction of sp³-hybridized carbons (Fsp3) is 0.300. The van der Waals surface area contributed by atoms with Crippen molar-refractivity contribution in [2.45, 2.75) is 38.0 Å². The number of anilines is 1. The van der Waals surface area contributed by atoms with E-state index in [1.165, 1.54) is 41.7 Å². The Kier molecular flexibility index (Phi) is 5.57. The highest BCUT2D eigenvalue weighted by Crippen LogP contribution is 2.30. The van der Waals surface area contributed by atoms with Gasteiger partial charge in [-0.05, 0) is 49.6 Å². The molecule has 1 saturated carbocycles. The number of alkyl halides is 2. The van der Waals surface area contributed by atoms with Crippen LogP contribution in [0.4, 0.5) is 18.3 Å². The molecule has 2 aromatic carbocycles. The van der Waals surface area contributed by atoms with Crippen molar-refractivity contribution in [3.05, 3.63) is 53.8 Å². The van der Waals surface area contributed by atoms with Gasteiger partial charge in [0, 0.05) is 12.1 Å². The lowest BCUT2D eigenvalue weighted by Crippen LogP contribution is -2.43. The molecular weight excluding hydrogens is 403 g/mol. The number of nitrogens with one attached hydrogen (secondary N) is 2. The summed E-state index contributed by atoms with van der Waals surface area (Å²) in [5, 5.41) is 6.89. The molecule has 1 aromatic heterocycles. The zero-order valence-corrected chi connectivity index (χ0v) is 16.0. The second kappa shape index (κ2) is 8.28. The molecule has 1 fully saturated rings. The standard InChI is InChI=1S/C20H18F3N3O2S/c21-11-8-9-15-17(10-11)29-20(26-15)25-14-6-3-5-13(14)24-18(27)12-4-1-2-7-16(12)28-19(22)23/h1-2,4,7-10,13-14,19H,3,5-6H2,(H,24,27)(H,25,26)/t13-,14-/m1/s1. The molecule has 0 aliphatic heterocycles. The van der Waals surface area contributed by atoms with Crippen LogP contribution in [0, 0.1) is 5.82 Å². The Balaban J connectivity index is 1.46. The molecule has 9 heteroatoms. The summed E-state index contributed by atoms with van der Waals surface area (Å²) in [4.78, 5) is 17.1. The molecule has 0 bridgehead atoms. The molecule has 1 aliphatic carbocycles. The first-order chi connectivity index (χ1) is 14.0. The molecule has 2 atom stereocenters. The molecule has 0 saturated heterocycles. The second-order valence-corrected chi connectivity index (χ2v) is 7.80. The van der Waals surface area contributed by atoms with E-state index in [4.69, 9.17) is 0 Å². The van der Waals surface area contributed by atoms with E-state index in [2.05, 4.69) is 20.4 Å². The number of benzene rings is 2. The second-order valence-electron chi connectivity index (χ2n) is 6.77. The van der Waals surface area contributed by atoms with Crippen LogP contribution < -0.4 is 15.4 Å². The number of aromatic nitrogens is 1. The van der Waals surface area contributed by atoms with Crippen molar-refractivity contribution >= 4 is 32.6 Å². The summed E-state index contributed by atoms with van der Waals surface area (Å²) in [6.45, 7) is -3.01. The minimum Gasteiger partial charge on any atom is -0.434 e. The summed E-state index contributed by atoms with van der Waals surface area (Å²) in [7, 11) is 0. The Hall–Kier alpha value is -2.81. The number of fused-ring (bicyclic) bond motifs is 1. The van der Waals surface area contributed by atoms with Crippen LogP contribution in [0.1, 0.15) is 29.6 Å². The fourth-order valence-corrected chi connectivity index (χ4v) is 4.48. The molecule has 4 rings (SSSR count). The highest BCUT2D eigenvalue weighted by atomic mass is 32.1. The topological polar surface area (TPSA) is 63.2 Å². The maximum Gasteiger partial charge on any atom is 0.387 e. The van der Waals surface area contributed by atoms with Gasteiger partial charge in [-0.1, -0.05) is 23.5 Å². The smallest absolute Gasteiger partial charge is 0.387 e. The van der Waals surface area contributed by atoms with E-state index in [9.17, 15) is 18.0 Å². The lowest BCUT2D eigenvalue weighted by Gasteiger charge is -2.22. The minimum atomic E-state index is -3.01. The average Bonchev–Trinajstić information content (AvgIpc) is 3.27. The van der Waals surface area contributed by atoms with Crippen molar-refractivity contribution in [2.24, 2.45) is 0 Å². The van der Waals surface area contributed by atoms with E-state index in [1.807, 2.05) is 0 Å². The van der Waals surface area contributed by atoms with Crippen LogP contribution in [0.5, 0.6) is 5.75 Å². The highest BCUT2D eigenvalue weighted by Gasteiger charge is 2.30. The molecule has 1 heterocycles. The number of carbonyl (C=O) groups excluding carboxylic acids is 1. The molecule has 152 valence electrons. The summed E-state index contributed by atoms with van der Waals surface area (Å²) >= 11 is 1.35. The van der Waals surface area contributed by atoms with Gasteiger partial charge in [-0.15, -0.1) is 0 Å². The van der Waals surface area contributed by atoms with Gasteiger partial charge in [-0.2, -0.15) is 8.78 Å². The normalized spacial score (nSPS) is 18.9. The first kappa shape index (κ1) is 19.5. The third-order valence-corrected chi connectivity index (χ3v) is 5.79. The van der Waals surface area contributed by atoms with Gasteiger partial charge in [0.2, 0.25) is 0 Å². The molecule has 0 radical (unpaired) electrons. The van der Waals surface area contributed by atoms with Crippen LogP contribution in [0.3, 0.4) is 0 Å². The Morgan fingerprint density at radius 3 is 2.79 bits per heavy atom. The molecule has 5 nitrogen and oxygen atoms in total. The van der Waals surface area contributed by atoms with E-state index in [0.717, 1.165) is 24.0 Å². The predicted molar refractivity (Wildman–Crippen MR) is 105 cm³/mol. The predicted octanol–water partition coefficient (Wildman–Crippen LogP) is 4.80. The quantitative estimate of drug-likeness (QED) is 0.600. The van der Waals surface area contributed by atoms with Crippen molar-refractivity contribution < 1.29 is 22.7 Å². The number of ether oxygens (including phenoxy) is 1. The van der Waals surface area contributed by atoms with Gasteiger partial charge in [-0.25, -0.2) is 9.37 Å². The van der Waals surface area contributed by atoms with Crippen molar-refractivity contribution in [1.29, 1.82) is 0 Å². The van der Waals surface area contributed by atoms with E-state index >= 15 is 0 Å². The van der Waals surface area contributed by atoms with Crippen molar-refractivity contribution in [3.8, 4) is 5.75 Å². The van der Waals surface area contributed by atoms with Crippen molar-refractivity contribution in [3.63, 3.8) is 0 Å². The lowest BCUT2D eigenvalue weighted by atomic mass is 10.1. The first-order valence-electron chi connectivity index (χ1n) is 9.17. The Morgan fingerprint density at radius 2 is 1.97 bits per heavy atom. The van der Waals surface area contributed by atoms with Crippen LogP contribution in [0.15, 0.2) is 42.5 Å². The number of amides is 1. The number of hydrogen-bond acceptors (Lipinski definition) is 5. The van der Waals surface area contributed by atoms with E-state index in [1.54, 1.807) is 12.1 Å². The first-order valence-corrected chi connectivity index (χ1v) is 9.98. The maximum atomic E-state index is 13.4. The van der Waals surface area contributed by atoms with Gasteiger partial charge in [0.15, 0.2) is 5.13 Å². The summed E-state index contributed by atoms with van der Waals surface area (Å²) in [6.07, 6.45) is 2.47. The highest BCUT2D eigenvalue weighted by molar-refractivity contribution is 7.22. The van der Waals surface area contributed by atoms with Gasteiger partial charge < -0.3 is 15.4 Å². The third-order valence-electron chi connectivity index (χ3n) is 4.84. The number of para-hydroxylation sites is 1. The van der Waals surface area contributed by atoms with Gasteiger partial charge in [0.1, 0.15) is 11.6 Å². The minimum absolute atomic E-state index is 0.0625. The lowest BCUT2D eigenvalue weighted by molar-refractivity contribution is -0.0501. The maximum absolute atomic E-state index is 13.4. The molecule has 0 unspecified atom stereocenters. The largest absolute Gasteiger partial charge is 0.434 e. The van der Waals surface area contributed by atoms with Crippen LogP contribution >= 0.6 is 11.3 Å². The molecule has 0 spiro atoms. The zero-order valence-electron chi connectivity index (χ0n) is 15.2. The van der Waals surface area contributed by atoms with Crippen LogP contribution in [0.2, 0.25) is 0 Å². The van der Waals surface area contributed by atoms with Gasteiger partial charge in [0.25, 0.3) is 5.91 Å². The number of rotatable bonds is 6. The van der Waals surface area contributed by atoms with Crippen LogP contribution in [-0.2, 0) is 0 Å². The van der Waals surface area contributed by atoms with Crippen molar-refractivity contribution in [2.75, 3.05) is 5.32 Å². The van der Waals surface area contributed by atoms with E-state index in [0.29, 0.717) is 10.6 Å².